The number of hydrogen-bond acceptors (Lipinski definition) is 2. The predicted molar refractivity (Wildman–Crippen MR) is 63.0 cm³/mol. The van der Waals surface area contributed by atoms with Crippen molar-refractivity contribution >= 4 is 14.0 Å². The predicted octanol–water partition coefficient (Wildman–Crippen LogP) is 3.15. The Kier molecular flexibility index (Phi) is 6.54. The molecule has 0 aromatic heterocycles. The Labute approximate surface area is 88.4 Å². The lowest BCUT2D eigenvalue weighted by atomic mass is 10.6. The van der Waals surface area contributed by atoms with E-state index in [9.17, 15) is 4.79 Å². The number of ether oxygens (including phenoxy) is 1. The molecule has 0 spiro atoms. The number of esters is 1. The van der Waals surface area contributed by atoms with E-state index < -0.39 is 8.07 Å². The van der Waals surface area contributed by atoms with Gasteiger partial charge in [0.05, 0.1) is 14.7 Å². The van der Waals surface area contributed by atoms with Crippen LogP contribution in [0, 0.1) is 0 Å². The minimum absolute atomic E-state index is 0.195. The molecule has 0 amide bonds. The summed E-state index contributed by atoms with van der Waals surface area (Å²) in [6.45, 7) is 8.94. The maximum Gasteiger partial charge on any atom is 0.330 e. The number of carbonyl (C=O) groups excluding carboxylic acids is 1. The first-order valence-corrected chi connectivity index (χ1v) is 8.20. The van der Waals surface area contributed by atoms with Crippen LogP contribution in [0.15, 0.2) is 11.8 Å². The topological polar surface area (TPSA) is 26.3 Å². The fourth-order valence-electron chi connectivity index (χ4n) is 1.54. The van der Waals surface area contributed by atoms with Crippen molar-refractivity contribution in [2.45, 2.75) is 45.8 Å². The van der Waals surface area contributed by atoms with Gasteiger partial charge in [-0.3, -0.25) is 0 Å². The summed E-state index contributed by atoms with van der Waals surface area (Å²) in [5.41, 5.74) is 2.14. The lowest BCUT2D eigenvalue weighted by Crippen LogP contribution is -2.29. The molecule has 14 heavy (non-hydrogen) atoms. The van der Waals surface area contributed by atoms with E-state index in [2.05, 4.69) is 26.5 Å². The molecule has 0 aliphatic carbocycles. The minimum atomic E-state index is -1.29. The number of rotatable bonds is 6. The first-order valence-electron chi connectivity index (χ1n) is 5.50. The van der Waals surface area contributed by atoms with Gasteiger partial charge in [0.1, 0.15) is 0 Å². The fraction of sp³-hybridized carbons (Fsp3) is 0.727. The summed E-state index contributed by atoms with van der Waals surface area (Å²) in [5, 5.41) is 0. The van der Waals surface area contributed by atoms with E-state index in [0.717, 1.165) is 0 Å². The molecule has 0 aliphatic heterocycles. The van der Waals surface area contributed by atoms with Gasteiger partial charge >= 0.3 is 5.97 Å². The van der Waals surface area contributed by atoms with Crippen LogP contribution in [0.3, 0.4) is 0 Å². The average Bonchev–Trinajstić information content (AvgIpc) is 2.21. The van der Waals surface area contributed by atoms with Gasteiger partial charge in [0.2, 0.25) is 0 Å². The third kappa shape index (κ3) is 4.09. The van der Waals surface area contributed by atoms with Crippen molar-refractivity contribution in [3.05, 3.63) is 11.8 Å². The van der Waals surface area contributed by atoms with Gasteiger partial charge in [-0.05, 0) is 6.92 Å². The highest BCUT2D eigenvalue weighted by atomic mass is 28.3. The first kappa shape index (κ1) is 13.4. The monoisotopic (exact) mass is 214 g/mol. The molecule has 0 aromatic carbocycles. The Hall–Kier alpha value is -0.573. The van der Waals surface area contributed by atoms with Crippen LogP contribution in [0.1, 0.15) is 27.7 Å². The second kappa shape index (κ2) is 6.82. The maximum absolute atomic E-state index is 11.2. The van der Waals surface area contributed by atoms with Gasteiger partial charge in [0.25, 0.3) is 0 Å². The quantitative estimate of drug-likeness (QED) is 0.386. The highest BCUT2D eigenvalue weighted by molar-refractivity contribution is 6.84. The molecule has 0 bridgehead atoms. The summed E-state index contributed by atoms with van der Waals surface area (Å²) >= 11 is 0. The zero-order valence-electron chi connectivity index (χ0n) is 9.80. The van der Waals surface area contributed by atoms with E-state index in [1.807, 2.05) is 6.92 Å². The highest BCUT2D eigenvalue weighted by Crippen LogP contribution is 2.21. The van der Waals surface area contributed by atoms with Crippen LogP contribution in [-0.4, -0.2) is 20.7 Å². The van der Waals surface area contributed by atoms with Gasteiger partial charge in [-0.25, -0.2) is 4.79 Å². The molecule has 0 saturated heterocycles. The molecule has 0 rings (SSSR count). The molecule has 0 aliphatic rings. The van der Waals surface area contributed by atoms with Crippen LogP contribution in [-0.2, 0) is 9.53 Å². The smallest absolute Gasteiger partial charge is 0.330 e. The Morgan fingerprint density at radius 1 is 1.14 bits per heavy atom. The fourth-order valence-corrected chi connectivity index (χ4v) is 4.24. The lowest BCUT2D eigenvalue weighted by Gasteiger charge is -2.23. The average molecular weight is 214 g/mol. The van der Waals surface area contributed by atoms with Crippen molar-refractivity contribution in [1.29, 1.82) is 0 Å². The summed E-state index contributed by atoms with van der Waals surface area (Å²) in [6, 6.07) is 3.61. The molecule has 0 fully saturated rings. The molecule has 0 aromatic rings. The summed E-state index contributed by atoms with van der Waals surface area (Å²) in [6.07, 6.45) is 1.63. The molecule has 0 N–H and O–H groups in total. The first-order chi connectivity index (χ1) is 6.64. The van der Waals surface area contributed by atoms with E-state index in [0.29, 0.717) is 6.61 Å². The van der Waals surface area contributed by atoms with E-state index in [-0.39, 0.29) is 5.97 Å². The second-order valence-electron chi connectivity index (χ2n) is 3.51. The summed E-state index contributed by atoms with van der Waals surface area (Å²) in [4.78, 5) is 11.2. The molecule has 0 saturated carbocycles. The minimum Gasteiger partial charge on any atom is -0.463 e. The molecule has 2 nitrogen and oxygen atoms in total. The third-order valence-electron chi connectivity index (χ3n) is 2.97. The maximum atomic E-state index is 11.2. The van der Waals surface area contributed by atoms with Gasteiger partial charge < -0.3 is 4.74 Å². The molecule has 0 heterocycles. The molecule has 3 heteroatoms. The Balaban J connectivity index is 4.35. The van der Waals surface area contributed by atoms with Gasteiger partial charge in [-0.2, -0.15) is 0 Å². The largest absolute Gasteiger partial charge is 0.463 e. The SMILES string of the molecule is CCOC(=O)/C=C/[Si](CC)(CC)CC. The third-order valence-corrected chi connectivity index (χ3v) is 8.07. The zero-order valence-corrected chi connectivity index (χ0v) is 10.8. The summed E-state index contributed by atoms with van der Waals surface area (Å²) in [5.74, 6) is -0.195. The van der Waals surface area contributed by atoms with Crippen LogP contribution in [0.25, 0.3) is 0 Å². The number of hydrogen-bond donors (Lipinski definition) is 0. The standard InChI is InChI=1S/C11H22O2Si/c1-5-13-11(12)9-10-14(6-2,7-3)8-4/h9-10H,5-8H2,1-4H3/b10-9+. The lowest BCUT2D eigenvalue weighted by molar-refractivity contribution is -0.137. The molecular formula is C11H22O2Si. The van der Waals surface area contributed by atoms with Gasteiger partial charge in [0, 0.05) is 6.08 Å². The summed E-state index contributed by atoms with van der Waals surface area (Å²) < 4.78 is 4.87. The van der Waals surface area contributed by atoms with Crippen molar-refractivity contribution in [3.8, 4) is 0 Å². The van der Waals surface area contributed by atoms with Gasteiger partial charge in [-0.15, -0.1) is 0 Å². The molecule has 0 radical (unpaired) electrons. The van der Waals surface area contributed by atoms with Crippen LogP contribution in [0.2, 0.25) is 18.1 Å². The van der Waals surface area contributed by atoms with Crippen molar-refractivity contribution in [3.63, 3.8) is 0 Å². The molecule has 0 atom stereocenters. The van der Waals surface area contributed by atoms with Gasteiger partial charge in [0.15, 0.2) is 0 Å². The Morgan fingerprint density at radius 3 is 2.00 bits per heavy atom. The van der Waals surface area contributed by atoms with Crippen molar-refractivity contribution in [2.24, 2.45) is 0 Å². The van der Waals surface area contributed by atoms with Crippen LogP contribution in [0.5, 0.6) is 0 Å². The van der Waals surface area contributed by atoms with Gasteiger partial charge in [-0.1, -0.05) is 44.6 Å². The van der Waals surface area contributed by atoms with Crippen molar-refractivity contribution in [1.82, 2.24) is 0 Å². The van der Waals surface area contributed by atoms with E-state index in [4.69, 9.17) is 4.74 Å². The Bertz CT molecular complexity index is 187. The van der Waals surface area contributed by atoms with Crippen LogP contribution < -0.4 is 0 Å². The zero-order chi connectivity index (χ0) is 11.0. The Morgan fingerprint density at radius 2 is 1.64 bits per heavy atom. The summed E-state index contributed by atoms with van der Waals surface area (Å²) in [7, 11) is -1.29. The van der Waals surface area contributed by atoms with E-state index >= 15 is 0 Å². The normalized spacial score (nSPS) is 12.0. The van der Waals surface area contributed by atoms with Crippen molar-refractivity contribution < 1.29 is 9.53 Å². The van der Waals surface area contributed by atoms with Crippen molar-refractivity contribution in [2.75, 3.05) is 6.61 Å². The van der Waals surface area contributed by atoms with Crippen LogP contribution in [0.4, 0.5) is 0 Å². The second-order valence-corrected chi connectivity index (χ2v) is 8.69. The highest BCUT2D eigenvalue weighted by Gasteiger charge is 2.23. The molecule has 82 valence electrons. The molecule has 0 unspecified atom stereocenters. The van der Waals surface area contributed by atoms with E-state index in [1.165, 1.54) is 18.1 Å². The van der Waals surface area contributed by atoms with E-state index in [1.54, 1.807) is 6.08 Å². The number of carbonyl (C=O) groups is 1. The molecular weight excluding hydrogens is 192 g/mol. The van der Waals surface area contributed by atoms with Crippen LogP contribution >= 0.6 is 0 Å².